The summed E-state index contributed by atoms with van der Waals surface area (Å²) in [6, 6.07) is 47.6. The molecule has 4 nitrogen and oxygen atoms in total. The average Bonchev–Trinajstić information content (AvgIpc) is 3.73. The van der Waals surface area contributed by atoms with Gasteiger partial charge in [0.2, 0.25) is 5.95 Å². The highest BCUT2D eigenvalue weighted by Gasteiger charge is 2.20. The van der Waals surface area contributed by atoms with Crippen LogP contribution in [-0.2, 0) is 0 Å². The number of hydrogen-bond acceptors (Lipinski definition) is 3. The fraction of sp³-hybridized carbons (Fsp3) is 0. The molecule has 0 unspecified atom stereocenters. The molecule has 0 bridgehead atoms. The molecule has 0 N–H and O–H groups in total. The van der Waals surface area contributed by atoms with Crippen LogP contribution in [-0.4, -0.2) is 18.9 Å². The van der Waals surface area contributed by atoms with Crippen molar-refractivity contribution in [1.82, 2.24) is 18.9 Å². The topological polar surface area (TPSA) is 35.1 Å². The summed E-state index contributed by atoms with van der Waals surface area (Å²) in [6.45, 7) is 0. The van der Waals surface area contributed by atoms with Gasteiger partial charge in [0.25, 0.3) is 0 Å². The van der Waals surface area contributed by atoms with Crippen molar-refractivity contribution in [3.8, 4) is 17.1 Å². The molecular formula is C38H22N4S. The van der Waals surface area contributed by atoms with Gasteiger partial charge in [0.05, 0.1) is 27.6 Å². The molecule has 200 valence electrons. The summed E-state index contributed by atoms with van der Waals surface area (Å²) in [7, 11) is 0. The molecular weight excluding hydrogens is 545 g/mol. The SMILES string of the molecule is c1ccc2c(c1)nc(-n1c3ccccc3c3ccc(-c4ccc5c(c4)sc4ccccc45)cc31)n1c3ccccc3nc21. The molecule has 0 saturated heterocycles. The standard InChI is InChI=1S/C38H22N4S/c1-4-12-30-29(11-1)37-39-31-13-5-7-15-33(31)42(37)38(40-30)41-32-14-6-2-9-25(32)26-19-17-23(21-34(26)41)24-18-20-28-27-10-3-8-16-35(27)43-36(28)22-24/h1-22H. The lowest BCUT2D eigenvalue weighted by Crippen LogP contribution is -2.06. The monoisotopic (exact) mass is 566 g/mol. The number of imidazole rings is 1. The molecule has 10 aromatic rings. The maximum Gasteiger partial charge on any atom is 0.221 e. The minimum atomic E-state index is 0.839. The maximum atomic E-state index is 5.32. The second kappa shape index (κ2) is 8.51. The molecule has 5 heteroatoms. The lowest BCUT2D eigenvalue weighted by molar-refractivity contribution is 0.979. The van der Waals surface area contributed by atoms with Gasteiger partial charge in [-0.05, 0) is 59.7 Å². The predicted octanol–water partition coefficient (Wildman–Crippen LogP) is 10.2. The lowest BCUT2D eigenvalue weighted by Gasteiger charge is -2.13. The van der Waals surface area contributed by atoms with E-state index in [1.54, 1.807) is 0 Å². The van der Waals surface area contributed by atoms with E-state index >= 15 is 0 Å². The Hall–Kier alpha value is -5.52. The number of rotatable bonds is 2. The zero-order valence-corrected chi connectivity index (χ0v) is 23.7. The van der Waals surface area contributed by atoms with Crippen LogP contribution in [0.5, 0.6) is 0 Å². The maximum absolute atomic E-state index is 5.32. The largest absolute Gasteiger partial charge is 0.279 e. The number of fused-ring (bicyclic) bond motifs is 11. The summed E-state index contributed by atoms with van der Waals surface area (Å²) in [5, 5.41) is 6.09. The van der Waals surface area contributed by atoms with Crippen molar-refractivity contribution in [3.05, 3.63) is 133 Å². The molecule has 0 atom stereocenters. The Kier molecular flexibility index (Phi) is 4.57. The van der Waals surface area contributed by atoms with E-state index < -0.39 is 0 Å². The van der Waals surface area contributed by atoms with E-state index in [1.165, 1.54) is 42.1 Å². The van der Waals surface area contributed by atoms with Gasteiger partial charge in [0.15, 0.2) is 0 Å². The third-order valence-corrected chi connectivity index (χ3v) is 9.85. The van der Waals surface area contributed by atoms with Gasteiger partial charge in [-0.1, -0.05) is 84.9 Å². The number of aromatic nitrogens is 4. The van der Waals surface area contributed by atoms with E-state index in [-0.39, 0.29) is 0 Å². The van der Waals surface area contributed by atoms with Crippen LogP contribution >= 0.6 is 11.3 Å². The van der Waals surface area contributed by atoms with Gasteiger partial charge in [-0.15, -0.1) is 11.3 Å². The van der Waals surface area contributed by atoms with Crippen molar-refractivity contribution in [2.24, 2.45) is 0 Å². The first kappa shape index (κ1) is 23.1. The Morgan fingerprint density at radius 1 is 0.442 bits per heavy atom. The normalized spacial score (nSPS) is 12.2. The van der Waals surface area contributed by atoms with E-state index in [0.29, 0.717) is 0 Å². The van der Waals surface area contributed by atoms with E-state index in [0.717, 1.165) is 44.6 Å². The van der Waals surface area contributed by atoms with Crippen molar-refractivity contribution < 1.29 is 0 Å². The van der Waals surface area contributed by atoms with E-state index in [4.69, 9.17) is 9.97 Å². The Labute approximate surface area is 249 Å². The summed E-state index contributed by atoms with van der Waals surface area (Å²) >= 11 is 1.86. The minimum Gasteiger partial charge on any atom is -0.279 e. The van der Waals surface area contributed by atoms with Crippen LogP contribution in [0.4, 0.5) is 0 Å². The molecule has 0 aliphatic rings. The van der Waals surface area contributed by atoms with Crippen LogP contribution in [0.2, 0.25) is 0 Å². The van der Waals surface area contributed by atoms with E-state index in [9.17, 15) is 0 Å². The van der Waals surface area contributed by atoms with Crippen LogP contribution in [0.15, 0.2) is 133 Å². The quantitative estimate of drug-likeness (QED) is 0.209. The van der Waals surface area contributed by atoms with Crippen molar-refractivity contribution >= 4 is 80.9 Å². The summed E-state index contributed by atoms with van der Waals surface area (Å²) in [5.74, 6) is 0.839. The van der Waals surface area contributed by atoms with Crippen molar-refractivity contribution in [3.63, 3.8) is 0 Å². The van der Waals surface area contributed by atoms with Gasteiger partial charge in [-0.2, -0.15) is 0 Å². The molecule has 0 radical (unpaired) electrons. The summed E-state index contributed by atoms with van der Waals surface area (Å²) in [6.07, 6.45) is 0. The predicted molar refractivity (Wildman–Crippen MR) is 181 cm³/mol. The first-order valence-electron chi connectivity index (χ1n) is 14.4. The van der Waals surface area contributed by atoms with Crippen LogP contribution < -0.4 is 0 Å². The number of benzene rings is 6. The van der Waals surface area contributed by atoms with Gasteiger partial charge in [0, 0.05) is 36.3 Å². The van der Waals surface area contributed by atoms with Gasteiger partial charge in [-0.3, -0.25) is 8.97 Å². The zero-order valence-electron chi connectivity index (χ0n) is 22.9. The second-order valence-electron chi connectivity index (χ2n) is 11.1. The molecule has 43 heavy (non-hydrogen) atoms. The Morgan fingerprint density at radius 2 is 1.07 bits per heavy atom. The first-order chi connectivity index (χ1) is 21.3. The highest BCUT2D eigenvalue weighted by Crippen LogP contribution is 2.39. The van der Waals surface area contributed by atoms with E-state index in [1.807, 2.05) is 23.5 Å². The highest BCUT2D eigenvalue weighted by atomic mass is 32.1. The Balaban J connectivity index is 1.31. The van der Waals surface area contributed by atoms with E-state index in [2.05, 4.69) is 130 Å². The van der Waals surface area contributed by atoms with Crippen molar-refractivity contribution in [1.29, 1.82) is 0 Å². The summed E-state index contributed by atoms with van der Waals surface area (Å²) < 4.78 is 7.17. The number of nitrogens with zero attached hydrogens (tertiary/aromatic N) is 4. The van der Waals surface area contributed by atoms with Crippen molar-refractivity contribution in [2.75, 3.05) is 0 Å². The molecule has 6 aromatic carbocycles. The van der Waals surface area contributed by atoms with Crippen LogP contribution in [0.3, 0.4) is 0 Å². The zero-order chi connectivity index (χ0) is 28.1. The fourth-order valence-corrected chi connectivity index (χ4v) is 7.89. The van der Waals surface area contributed by atoms with Gasteiger partial charge < -0.3 is 0 Å². The van der Waals surface area contributed by atoms with Gasteiger partial charge in [0.1, 0.15) is 5.65 Å². The molecule has 0 amide bonds. The van der Waals surface area contributed by atoms with Gasteiger partial charge in [-0.25, -0.2) is 9.97 Å². The first-order valence-corrected chi connectivity index (χ1v) is 15.2. The van der Waals surface area contributed by atoms with Gasteiger partial charge >= 0.3 is 0 Å². The molecule has 0 aliphatic heterocycles. The number of thiophene rings is 1. The van der Waals surface area contributed by atoms with Crippen LogP contribution in [0.25, 0.3) is 86.6 Å². The summed E-state index contributed by atoms with van der Waals surface area (Å²) in [5.41, 5.74) is 8.49. The smallest absolute Gasteiger partial charge is 0.221 e. The Bertz CT molecular complexity index is 2740. The molecule has 4 aromatic heterocycles. The second-order valence-corrected chi connectivity index (χ2v) is 12.2. The third kappa shape index (κ3) is 3.20. The average molecular weight is 567 g/mol. The number of hydrogen-bond donors (Lipinski definition) is 0. The molecule has 0 aliphatic carbocycles. The fourth-order valence-electron chi connectivity index (χ4n) is 6.75. The van der Waals surface area contributed by atoms with Crippen LogP contribution in [0.1, 0.15) is 0 Å². The molecule has 0 fully saturated rings. The number of para-hydroxylation sites is 4. The molecule has 0 saturated carbocycles. The molecule has 10 rings (SSSR count). The Morgan fingerprint density at radius 3 is 1.95 bits per heavy atom. The highest BCUT2D eigenvalue weighted by molar-refractivity contribution is 7.25. The van der Waals surface area contributed by atoms with Crippen molar-refractivity contribution in [2.45, 2.75) is 0 Å². The third-order valence-electron chi connectivity index (χ3n) is 8.71. The molecule has 0 spiro atoms. The molecule has 4 heterocycles. The minimum absolute atomic E-state index is 0.839. The summed E-state index contributed by atoms with van der Waals surface area (Å²) in [4.78, 5) is 10.4. The lowest BCUT2D eigenvalue weighted by atomic mass is 10.0. The van der Waals surface area contributed by atoms with Crippen LogP contribution in [0, 0.1) is 0 Å².